The normalized spacial score (nSPS) is 18.3. The Morgan fingerprint density at radius 3 is 2.87 bits per heavy atom. The van der Waals surface area contributed by atoms with E-state index in [0.717, 1.165) is 10.0 Å². The quantitative estimate of drug-likeness (QED) is 0.897. The summed E-state index contributed by atoms with van der Waals surface area (Å²) in [7, 11) is 1.57. The van der Waals surface area contributed by atoms with Crippen molar-refractivity contribution in [3.8, 4) is 5.88 Å². The van der Waals surface area contributed by atoms with Gasteiger partial charge in [-0.25, -0.2) is 4.98 Å². The summed E-state index contributed by atoms with van der Waals surface area (Å²) in [6, 6.07) is 1.92. The fourth-order valence-electron chi connectivity index (χ4n) is 1.65. The van der Waals surface area contributed by atoms with E-state index in [-0.39, 0.29) is 12.0 Å². The molecule has 0 aromatic carbocycles. The average molecular weight is 274 g/mol. The van der Waals surface area contributed by atoms with Crippen molar-refractivity contribution < 1.29 is 14.6 Å². The van der Waals surface area contributed by atoms with E-state index in [0.29, 0.717) is 19.1 Å². The lowest BCUT2D eigenvalue weighted by molar-refractivity contribution is -0.0852. The highest BCUT2D eigenvalue weighted by Crippen LogP contribution is 2.37. The fraction of sp³-hybridized carbons (Fsp3) is 0.500. The number of nitrogens with zero attached hydrogens (tertiary/aromatic N) is 1. The van der Waals surface area contributed by atoms with Gasteiger partial charge in [-0.3, -0.25) is 0 Å². The van der Waals surface area contributed by atoms with Crippen LogP contribution >= 0.6 is 15.9 Å². The molecule has 1 aromatic rings. The van der Waals surface area contributed by atoms with Crippen LogP contribution < -0.4 is 4.74 Å². The van der Waals surface area contributed by atoms with Gasteiger partial charge in [-0.05, 0) is 22.0 Å². The van der Waals surface area contributed by atoms with Gasteiger partial charge in [-0.1, -0.05) is 0 Å². The third kappa shape index (κ3) is 1.75. The minimum Gasteiger partial charge on any atom is -0.481 e. The smallest absolute Gasteiger partial charge is 0.217 e. The van der Waals surface area contributed by atoms with Crippen LogP contribution in [-0.4, -0.2) is 37.0 Å². The molecule has 1 aromatic heterocycles. The highest BCUT2D eigenvalue weighted by molar-refractivity contribution is 9.10. The molecular formula is C10H12BrNO3. The van der Waals surface area contributed by atoms with E-state index in [1.807, 2.05) is 6.07 Å². The van der Waals surface area contributed by atoms with Crippen molar-refractivity contribution in [1.29, 1.82) is 0 Å². The summed E-state index contributed by atoms with van der Waals surface area (Å²) < 4.78 is 11.2. The molecule has 1 saturated heterocycles. The standard InChI is InChI=1S/C10H12BrNO3/c1-14-9-8(2-7(11)3-12-9)10(4-13)5-15-6-10/h2-3,13H,4-6H2,1H3. The lowest BCUT2D eigenvalue weighted by Gasteiger charge is -2.40. The molecule has 0 amide bonds. The molecule has 2 heterocycles. The van der Waals surface area contributed by atoms with E-state index < -0.39 is 0 Å². The van der Waals surface area contributed by atoms with Crippen LogP contribution in [0.1, 0.15) is 5.56 Å². The van der Waals surface area contributed by atoms with Gasteiger partial charge < -0.3 is 14.6 Å². The fourth-order valence-corrected chi connectivity index (χ4v) is 1.98. The summed E-state index contributed by atoms with van der Waals surface area (Å²) in [6.07, 6.45) is 1.67. The molecule has 0 aliphatic carbocycles. The van der Waals surface area contributed by atoms with Crippen LogP contribution in [-0.2, 0) is 10.2 Å². The van der Waals surface area contributed by atoms with E-state index in [1.165, 1.54) is 0 Å². The maximum atomic E-state index is 9.42. The minimum absolute atomic E-state index is 0.0431. The number of pyridine rings is 1. The van der Waals surface area contributed by atoms with Crippen LogP contribution in [0.3, 0.4) is 0 Å². The molecule has 0 spiro atoms. The van der Waals surface area contributed by atoms with E-state index in [4.69, 9.17) is 9.47 Å². The molecule has 0 radical (unpaired) electrons. The zero-order valence-electron chi connectivity index (χ0n) is 8.36. The van der Waals surface area contributed by atoms with Crippen LogP contribution in [0.25, 0.3) is 0 Å². The van der Waals surface area contributed by atoms with Crippen molar-refractivity contribution in [2.45, 2.75) is 5.41 Å². The number of ether oxygens (including phenoxy) is 2. The van der Waals surface area contributed by atoms with Crippen molar-refractivity contribution in [2.24, 2.45) is 0 Å². The minimum atomic E-state index is -0.345. The number of halogens is 1. The first-order valence-corrected chi connectivity index (χ1v) is 5.40. The monoisotopic (exact) mass is 273 g/mol. The molecule has 2 rings (SSSR count). The summed E-state index contributed by atoms with van der Waals surface area (Å²) in [4.78, 5) is 4.16. The van der Waals surface area contributed by atoms with Crippen molar-refractivity contribution in [3.05, 3.63) is 22.3 Å². The second kappa shape index (κ2) is 4.08. The average Bonchev–Trinajstić information content (AvgIpc) is 2.17. The molecule has 1 aliphatic heterocycles. The molecule has 0 saturated carbocycles. The topological polar surface area (TPSA) is 51.6 Å². The van der Waals surface area contributed by atoms with Gasteiger partial charge in [0.25, 0.3) is 0 Å². The van der Waals surface area contributed by atoms with Crippen molar-refractivity contribution in [1.82, 2.24) is 4.98 Å². The van der Waals surface area contributed by atoms with Gasteiger partial charge in [0.15, 0.2) is 0 Å². The Hall–Kier alpha value is -0.650. The highest BCUT2D eigenvalue weighted by atomic mass is 79.9. The number of hydrogen-bond donors (Lipinski definition) is 1. The van der Waals surface area contributed by atoms with Gasteiger partial charge >= 0.3 is 0 Å². The summed E-state index contributed by atoms with van der Waals surface area (Å²) >= 11 is 3.36. The molecule has 0 atom stereocenters. The second-order valence-corrected chi connectivity index (χ2v) is 4.56. The number of aliphatic hydroxyl groups is 1. The zero-order chi connectivity index (χ0) is 10.9. The van der Waals surface area contributed by atoms with Gasteiger partial charge in [0.1, 0.15) is 0 Å². The number of methoxy groups -OCH3 is 1. The molecule has 0 bridgehead atoms. The van der Waals surface area contributed by atoms with E-state index in [9.17, 15) is 5.11 Å². The van der Waals surface area contributed by atoms with Gasteiger partial charge in [0.05, 0.1) is 32.3 Å². The zero-order valence-corrected chi connectivity index (χ0v) is 9.95. The lowest BCUT2D eigenvalue weighted by Crippen LogP contribution is -2.50. The number of hydrogen-bond acceptors (Lipinski definition) is 4. The molecule has 4 nitrogen and oxygen atoms in total. The molecule has 15 heavy (non-hydrogen) atoms. The Morgan fingerprint density at radius 2 is 2.40 bits per heavy atom. The van der Waals surface area contributed by atoms with Gasteiger partial charge in [-0.15, -0.1) is 0 Å². The summed E-state index contributed by atoms with van der Waals surface area (Å²) in [5.41, 5.74) is 0.551. The first-order chi connectivity index (χ1) is 7.22. The molecule has 1 N–H and O–H groups in total. The lowest BCUT2D eigenvalue weighted by atomic mass is 9.80. The number of rotatable bonds is 3. The second-order valence-electron chi connectivity index (χ2n) is 3.64. The molecule has 0 unspecified atom stereocenters. The Balaban J connectivity index is 2.44. The number of aliphatic hydroxyl groups excluding tert-OH is 1. The summed E-state index contributed by atoms with van der Waals surface area (Å²) in [5.74, 6) is 0.551. The first-order valence-electron chi connectivity index (χ1n) is 4.60. The van der Waals surface area contributed by atoms with Crippen LogP contribution in [0.15, 0.2) is 16.7 Å². The largest absolute Gasteiger partial charge is 0.481 e. The highest BCUT2D eigenvalue weighted by Gasteiger charge is 2.42. The van der Waals surface area contributed by atoms with Gasteiger partial charge in [0.2, 0.25) is 5.88 Å². The Morgan fingerprint density at radius 1 is 1.67 bits per heavy atom. The van der Waals surface area contributed by atoms with Gasteiger partial charge in [0, 0.05) is 16.2 Å². The predicted molar refractivity (Wildman–Crippen MR) is 58.1 cm³/mol. The number of aromatic nitrogens is 1. The van der Waals surface area contributed by atoms with Gasteiger partial charge in [-0.2, -0.15) is 0 Å². The third-order valence-corrected chi connectivity index (χ3v) is 3.08. The van der Waals surface area contributed by atoms with E-state index >= 15 is 0 Å². The van der Waals surface area contributed by atoms with E-state index in [2.05, 4.69) is 20.9 Å². The molecule has 1 fully saturated rings. The Bertz CT molecular complexity index is 360. The van der Waals surface area contributed by atoms with Crippen molar-refractivity contribution in [3.63, 3.8) is 0 Å². The third-order valence-electron chi connectivity index (χ3n) is 2.64. The van der Waals surface area contributed by atoms with Crippen LogP contribution in [0.2, 0.25) is 0 Å². The first kappa shape index (κ1) is 10.9. The predicted octanol–water partition coefficient (Wildman–Crippen LogP) is 1.11. The molecule has 82 valence electrons. The molecule has 1 aliphatic rings. The van der Waals surface area contributed by atoms with Crippen LogP contribution in [0, 0.1) is 0 Å². The van der Waals surface area contributed by atoms with Crippen molar-refractivity contribution >= 4 is 15.9 Å². The summed E-state index contributed by atoms with van der Waals surface area (Å²) in [5, 5.41) is 9.42. The molecular weight excluding hydrogens is 262 g/mol. The van der Waals surface area contributed by atoms with Crippen LogP contribution in [0.4, 0.5) is 0 Å². The SMILES string of the molecule is COc1ncc(Br)cc1C1(CO)COC1. The van der Waals surface area contributed by atoms with Crippen molar-refractivity contribution in [2.75, 3.05) is 26.9 Å². The Kier molecular flexibility index (Phi) is 2.95. The van der Waals surface area contributed by atoms with Crippen LogP contribution in [0.5, 0.6) is 5.88 Å². The summed E-state index contributed by atoms with van der Waals surface area (Å²) in [6.45, 7) is 1.07. The maximum Gasteiger partial charge on any atom is 0.217 e. The maximum absolute atomic E-state index is 9.42. The van der Waals surface area contributed by atoms with E-state index in [1.54, 1.807) is 13.3 Å². The molecule has 5 heteroatoms. The Labute approximate surface area is 96.4 Å².